The summed E-state index contributed by atoms with van der Waals surface area (Å²) in [4.78, 5) is 54.3. The van der Waals surface area contributed by atoms with Gasteiger partial charge < -0.3 is 36.9 Å². The predicted molar refractivity (Wildman–Crippen MR) is 159 cm³/mol. The van der Waals surface area contributed by atoms with Crippen molar-refractivity contribution in [1.82, 2.24) is 20.9 Å². The Morgan fingerprint density at radius 2 is 1.49 bits per heavy atom. The Hall–Kier alpha value is -4.03. The lowest BCUT2D eigenvalue weighted by molar-refractivity contribution is -0.142. The fourth-order valence-electron chi connectivity index (χ4n) is 4.43. The zero-order valence-electron chi connectivity index (χ0n) is 23.0. The fourth-order valence-corrected chi connectivity index (χ4v) is 4.69. The number of nitrogens with one attached hydrogen (secondary N) is 4. The Labute approximate surface area is 243 Å². The molecule has 3 aromatic rings. The summed E-state index contributed by atoms with van der Waals surface area (Å²) in [6, 6.07) is 9.18. The molecule has 2 aromatic carbocycles. The summed E-state index contributed by atoms with van der Waals surface area (Å²) in [5.74, 6) is -3.07. The standard InChI is InChI=1S/C29H37N5O6S/c1-16(2)11-21(30)26(36)32-23(12-17-7-9-19(35)10-8-17)27(37)34-25(15-41)28(38)33-24(29(39)40)13-18-14-31-22-6-4-3-5-20(18)22/h3-10,14,16,21,23-25,31,35,41H,11-13,15,30H2,1-2H3,(H,32,36)(H,33,38)(H,34,37)(H,39,40). The third-order valence-corrected chi connectivity index (χ3v) is 6.97. The first-order chi connectivity index (χ1) is 19.5. The van der Waals surface area contributed by atoms with Gasteiger partial charge in [0, 0.05) is 35.7 Å². The molecule has 0 saturated carbocycles. The van der Waals surface area contributed by atoms with Gasteiger partial charge in [-0.1, -0.05) is 44.2 Å². The first-order valence-corrected chi connectivity index (χ1v) is 13.9. The number of aliphatic carboxylic acids is 1. The van der Waals surface area contributed by atoms with Crippen LogP contribution in [0.2, 0.25) is 0 Å². The maximum Gasteiger partial charge on any atom is 0.326 e. The number of benzene rings is 2. The number of carboxylic acid groups (broad SMARTS) is 1. The van der Waals surface area contributed by atoms with Crippen molar-refractivity contribution >= 4 is 47.2 Å². The second-order valence-corrected chi connectivity index (χ2v) is 10.7. The molecule has 0 bridgehead atoms. The average Bonchev–Trinajstić information content (AvgIpc) is 3.34. The maximum absolute atomic E-state index is 13.3. The number of para-hydroxylation sites is 1. The minimum Gasteiger partial charge on any atom is -0.508 e. The summed E-state index contributed by atoms with van der Waals surface area (Å²) >= 11 is 4.20. The monoisotopic (exact) mass is 583 g/mol. The lowest BCUT2D eigenvalue weighted by Gasteiger charge is -2.25. The Kier molecular flexibility index (Phi) is 11.2. The molecule has 0 aliphatic rings. The first kappa shape index (κ1) is 31.5. The molecule has 0 radical (unpaired) electrons. The Morgan fingerprint density at radius 1 is 0.878 bits per heavy atom. The largest absolute Gasteiger partial charge is 0.508 e. The van der Waals surface area contributed by atoms with Crippen LogP contribution in [0.25, 0.3) is 10.9 Å². The van der Waals surface area contributed by atoms with Crippen LogP contribution in [0, 0.1) is 5.92 Å². The number of carbonyl (C=O) groups excluding carboxylic acids is 3. The molecule has 0 aliphatic carbocycles. The van der Waals surface area contributed by atoms with Gasteiger partial charge in [0.25, 0.3) is 0 Å². The highest BCUT2D eigenvalue weighted by atomic mass is 32.1. The molecule has 4 atom stereocenters. The van der Waals surface area contributed by atoms with Crippen LogP contribution in [-0.2, 0) is 32.0 Å². The van der Waals surface area contributed by atoms with Crippen LogP contribution in [0.15, 0.2) is 54.7 Å². The molecule has 0 fully saturated rings. The van der Waals surface area contributed by atoms with Crippen molar-refractivity contribution < 1.29 is 29.4 Å². The lowest BCUT2D eigenvalue weighted by Crippen LogP contribution is -2.58. The molecule has 3 rings (SSSR count). The number of H-pyrrole nitrogens is 1. The van der Waals surface area contributed by atoms with E-state index in [2.05, 4.69) is 33.6 Å². The van der Waals surface area contributed by atoms with Crippen LogP contribution in [0.3, 0.4) is 0 Å². The van der Waals surface area contributed by atoms with E-state index >= 15 is 0 Å². The second kappa shape index (κ2) is 14.6. The van der Waals surface area contributed by atoms with Gasteiger partial charge in [0.15, 0.2) is 0 Å². The summed E-state index contributed by atoms with van der Waals surface area (Å²) in [6.45, 7) is 3.85. The molecular formula is C29H37N5O6S. The van der Waals surface area contributed by atoms with Gasteiger partial charge in [0.1, 0.15) is 23.9 Å². The highest BCUT2D eigenvalue weighted by Crippen LogP contribution is 2.19. The fraction of sp³-hybridized carbons (Fsp3) is 0.379. The number of aromatic nitrogens is 1. The number of carboxylic acids is 1. The number of hydrogen-bond acceptors (Lipinski definition) is 7. The molecule has 0 spiro atoms. The summed E-state index contributed by atoms with van der Waals surface area (Å²) in [5, 5.41) is 28.0. The van der Waals surface area contributed by atoms with Gasteiger partial charge in [-0.15, -0.1) is 0 Å². The van der Waals surface area contributed by atoms with Crippen molar-refractivity contribution in [3.63, 3.8) is 0 Å². The normalized spacial score (nSPS) is 14.2. The number of carbonyl (C=O) groups is 4. The van der Waals surface area contributed by atoms with Gasteiger partial charge in [-0.3, -0.25) is 14.4 Å². The van der Waals surface area contributed by atoms with Crippen molar-refractivity contribution in [3.8, 4) is 5.75 Å². The molecule has 220 valence electrons. The van der Waals surface area contributed by atoms with Crippen molar-refractivity contribution in [2.75, 3.05) is 5.75 Å². The zero-order chi connectivity index (χ0) is 30.1. The number of thiol groups is 1. The number of aromatic hydroxyl groups is 1. The Bertz CT molecular complexity index is 1360. The van der Waals surface area contributed by atoms with E-state index in [1.165, 1.54) is 12.1 Å². The predicted octanol–water partition coefficient (Wildman–Crippen LogP) is 1.50. The van der Waals surface area contributed by atoms with Crippen molar-refractivity contribution in [2.24, 2.45) is 11.7 Å². The lowest BCUT2D eigenvalue weighted by atomic mass is 10.0. The number of phenolic OH excluding ortho intramolecular Hbond substituents is 1. The summed E-state index contributed by atoms with van der Waals surface area (Å²) in [5.41, 5.74) is 8.23. The smallest absolute Gasteiger partial charge is 0.326 e. The molecule has 1 heterocycles. The van der Waals surface area contributed by atoms with Gasteiger partial charge in [-0.2, -0.15) is 12.6 Å². The highest BCUT2D eigenvalue weighted by molar-refractivity contribution is 7.80. The third-order valence-electron chi connectivity index (χ3n) is 6.60. The van der Waals surface area contributed by atoms with Crippen molar-refractivity contribution in [1.29, 1.82) is 0 Å². The highest BCUT2D eigenvalue weighted by Gasteiger charge is 2.30. The third kappa shape index (κ3) is 8.98. The minimum atomic E-state index is -1.26. The molecule has 1 aromatic heterocycles. The number of phenols is 1. The van der Waals surface area contributed by atoms with Gasteiger partial charge >= 0.3 is 5.97 Å². The summed E-state index contributed by atoms with van der Waals surface area (Å²) < 4.78 is 0. The number of rotatable bonds is 14. The molecule has 3 amide bonds. The van der Waals surface area contributed by atoms with E-state index in [4.69, 9.17) is 5.73 Å². The number of fused-ring (bicyclic) bond motifs is 1. The average molecular weight is 584 g/mol. The van der Waals surface area contributed by atoms with E-state index in [0.717, 1.165) is 10.9 Å². The summed E-state index contributed by atoms with van der Waals surface area (Å²) in [6.07, 6.45) is 2.19. The van der Waals surface area contributed by atoms with Crippen molar-refractivity contribution in [2.45, 2.75) is 57.3 Å². The van der Waals surface area contributed by atoms with E-state index in [1.54, 1.807) is 18.3 Å². The number of hydrogen-bond donors (Lipinski definition) is 8. The van der Waals surface area contributed by atoms with Crippen LogP contribution in [0.5, 0.6) is 5.75 Å². The van der Waals surface area contributed by atoms with Crippen LogP contribution >= 0.6 is 12.6 Å². The molecular weight excluding hydrogens is 546 g/mol. The molecule has 0 saturated heterocycles. The quantitative estimate of drug-likeness (QED) is 0.132. The molecule has 12 heteroatoms. The maximum atomic E-state index is 13.3. The van der Waals surface area contributed by atoms with E-state index in [9.17, 15) is 29.4 Å². The van der Waals surface area contributed by atoms with Gasteiger partial charge in [0.05, 0.1) is 6.04 Å². The molecule has 41 heavy (non-hydrogen) atoms. The van der Waals surface area contributed by atoms with E-state index in [0.29, 0.717) is 17.5 Å². The molecule has 8 N–H and O–H groups in total. The first-order valence-electron chi connectivity index (χ1n) is 13.3. The van der Waals surface area contributed by atoms with Crippen LogP contribution in [-0.4, -0.2) is 68.8 Å². The Morgan fingerprint density at radius 3 is 2.12 bits per heavy atom. The van der Waals surface area contributed by atoms with Crippen LogP contribution < -0.4 is 21.7 Å². The van der Waals surface area contributed by atoms with E-state index in [1.807, 2.05) is 38.1 Å². The number of nitrogens with two attached hydrogens (primary N) is 1. The van der Waals surface area contributed by atoms with Crippen molar-refractivity contribution in [3.05, 3.63) is 65.9 Å². The zero-order valence-corrected chi connectivity index (χ0v) is 23.9. The van der Waals surface area contributed by atoms with Crippen LogP contribution in [0.4, 0.5) is 0 Å². The topological polar surface area (TPSA) is 187 Å². The van der Waals surface area contributed by atoms with Gasteiger partial charge in [-0.05, 0) is 41.7 Å². The van der Waals surface area contributed by atoms with Gasteiger partial charge in [0.2, 0.25) is 17.7 Å². The second-order valence-electron chi connectivity index (χ2n) is 10.4. The summed E-state index contributed by atoms with van der Waals surface area (Å²) in [7, 11) is 0. The minimum absolute atomic E-state index is 0.0194. The number of amides is 3. The molecule has 4 unspecified atom stereocenters. The molecule has 11 nitrogen and oxygen atoms in total. The van der Waals surface area contributed by atoms with E-state index in [-0.39, 0.29) is 30.3 Å². The SMILES string of the molecule is CC(C)CC(N)C(=O)NC(Cc1ccc(O)cc1)C(=O)NC(CS)C(=O)NC(Cc1c[nH]c2ccccc12)C(=O)O. The molecule has 0 aliphatic heterocycles. The number of aromatic amines is 1. The van der Waals surface area contributed by atoms with Crippen LogP contribution in [0.1, 0.15) is 31.4 Å². The van der Waals surface area contributed by atoms with E-state index < -0.39 is 47.9 Å². The van der Waals surface area contributed by atoms with Gasteiger partial charge in [-0.25, -0.2) is 4.79 Å². The Balaban J connectivity index is 1.73.